The van der Waals surface area contributed by atoms with E-state index in [1.54, 1.807) is 24.9 Å². The van der Waals surface area contributed by atoms with Crippen LogP contribution < -0.4 is 10.1 Å². The first kappa shape index (κ1) is 15.5. The van der Waals surface area contributed by atoms with Gasteiger partial charge in [0.2, 0.25) is 11.0 Å². The maximum atomic E-state index is 11.8. The summed E-state index contributed by atoms with van der Waals surface area (Å²) < 4.78 is 5.98. The first-order chi connectivity index (χ1) is 10.2. The topological polar surface area (TPSA) is 64.1 Å². The number of hydrogen-bond acceptors (Lipinski definition) is 6. The van der Waals surface area contributed by atoms with Gasteiger partial charge in [-0.05, 0) is 29.5 Å². The number of rotatable bonds is 6. The minimum absolute atomic E-state index is 0.234. The Bertz CT molecular complexity index is 641. The van der Waals surface area contributed by atoms with Crippen LogP contribution in [0.15, 0.2) is 34.7 Å². The van der Waals surface area contributed by atoms with Crippen molar-refractivity contribution in [2.75, 3.05) is 18.2 Å². The molecule has 0 aliphatic heterocycles. The molecule has 0 fully saturated rings. The Kier molecular flexibility index (Phi) is 5.77. The van der Waals surface area contributed by atoms with Crippen LogP contribution in [0, 0.1) is 0 Å². The second kappa shape index (κ2) is 7.80. The molecule has 110 valence electrons. The van der Waals surface area contributed by atoms with Gasteiger partial charge in [-0.2, -0.15) is 0 Å². The second-order valence-electron chi connectivity index (χ2n) is 3.91. The van der Waals surface area contributed by atoms with Crippen molar-refractivity contribution in [2.24, 2.45) is 0 Å². The number of nitrogens with zero attached hydrogens (tertiary/aromatic N) is 2. The number of amides is 1. The lowest BCUT2D eigenvalue weighted by Gasteiger charge is -2.00. The van der Waals surface area contributed by atoms with Crippen LogP contribution in [-0.4, -0.2) is 29.0 Å². The zero-order chi connectivity index (χ0) is 15.1. The summed E-state index contributed by atoms with van der Waals surface area (Å²) in [7, 11) is 1.61. The summed E-state index contributed by atoms with van der Waals surface area (Å²) in [6.45, 7) is 2.04. The lowest BCUT2D eigenvalue weighted by Crippen LogP contribution is -2.07. The third kappa shape index (κ3) is 4.87. The van der Waals surface area contributed by atoms with Gasteiger partial charge in [-0.15, -0.1) is 10.2 Å². The smallest absolute Gasteiger partial charge is 0.250 e. The van der Waals surface area contributed by atoms with E-state index in [1.165, 1.54) is 17.4 Å². The van der Waals surface area contributed by atoms with Crippen molar-refractivity contribution in [2.45, 2.75) is 11.3 Å². The van der Waals surface area contributed by atoms with Crippen molar-refractivity contribution in [3.63, 3.8) is 0 Å². The van der Waals surface area contributed by atoms with Crippen LogP contribution >= 0.6 is 23.1 Å². The van der Waals surface area contributed by atoms with E-state index < -0.39 is 0 Å². The SMILES string of the molecule is CCSc1nnc(NC(=O)/C=C/c2cccc(OC)c2)s1. The van der Waals surface area contributed by atoms with Crippen molar-refractivity contribution >= 4 is 40.2 Å². The van der Waals surface area contributed by atoms with Gasteiger partial charge >= 0.3 is 0 Å². The first-order valence-corrected chi connectivity index (χ1v) is 8.11. The fraction of sp³-hybridized carbons (Fsp3) is 0.214. The molecule has 2 aromatic rings. The molecule has 0 spiro atoms. The van der Waals surface area contributed by atoms with Crippen molar-refractivity contribution in [3.05, 3.63) is 35.9 Å². The molecule has 0 bridgehead atoms. The summed E-state index contributed by atoms with van der Waals surface area (Å²) >= 11 is 2.97. The van der Waals surface area contributed by atoms with E-state index in [1.807, 2.05) is 31.2 Å². The lowest BCUT2D eigenvalue weighted by atomic mass is 10.2. The number of carbonyl (C=O) groups excluding carboxylic acids is 1. The van der Waals surface area contributed by atoms with Gasteiger partial charge in [0.15, 0.2) is 4.34 Å². The number of carbonyl (C=O) groups is 1. The Hall–Kier alpha value is -1.86. The molecule has 1 heterocycles. The van der Waals surface area contributed by atoms with E-state index in [4.69, 9.17) is 4.74 Å². The average Bonchev–Trinajstić information content (AvgIpc) is 2.93. The Balaban J connectivity index is 1.95. The number of nitrogens with one attached hydrogen (secondary N) is 1. The highest BCUT2D eigenvalue weighted by Gasteiger charge is 2.05. The standard InChI is InChI=1S/C14H15N3O2S2/c1-3-20-14-17-16-13(21-14)15-12(18)8-7-10-5-4-6-11(9-10)19-2/h4-9H,3H2,1-2H3,(H,15,16,18)/b8-7+. The molecular formula is C14H15N3O2S2. The van der Waals surface area contributed by atoms with Gasteiger partial charge < -0.3 is 4.74 Å². The molecule has 0 unspecified atom stereocenters. The number of benzene rings is 1. The molecule has 1 amide bonds. The summed E-state index contributed by atoms with van der Waals surface area (Å²) in [4.78, 5) is 11.8. The number of methoxy groups -OCH3 is 1. The van der Waals surface area contributed by atoms with Gasteiger partial charge in [0.1, 0.15) is 5.75 Å². The van der Waals surface area contributed by atoms with Gasteiger partial charge in [0, 0.05) is 6.08 Å². The minimum Gasteiger partial charge on any atom is -0.497 e. The van der Waals surface area contributed by atoms with Crippen LogP contribution in [0.1, 0.15) is 12.5 Å². The van der Waals surface area contributed by atoms with Gasteiger partial charge in [-0.3, -0.25) is 10.1 Å². The molecule has 1 N–H and O–H groups in total. The summed E-state index contributed by atoms with van der Waals surface area (Å²) in [5, 5.41) is 11.1. The monoisotopic (exact) mass is 321 g/mol. The summed E-state index contributed by atoms with van der Waals surface area (Å²) in [6, 6.07) is 7.47. The predicted molar refractivity (Wildman–Crippen MR) is 87.0 cm³/mol. The van der Waals surface area contributed by atoms with Gasteiger partial charge in [-0.1, -0.05) is 42.2 Å². The van der Waals surface area contributed by atoms with Crippen LogP contribution in [0.2, 0.25) is 0 Å². The summed E-state index contributed by atoms with van der Waals surface area (Å²) in [5.41, 5.74) is 0.893. The van der Waals surface area contributed by atoms with Crippen molar-refractivity contribution < 1.29 is 9.53 Å². The Morgan fingerprint density at radius 2 is 2.33 bits per heavy atom. The minimum atomic E-state index is -0.234. The highest BCUT2D eigenvalue weighted by Crippen LogP contribution is 2.24. The van der Waals surface area contributed by atoms with E-state index in [2.05, 4.69) is 15.5 Å². The van der Waals surface area contributed by atoms with E-state index in [0.717, 1.165) is 21.4 Å². The number of ether oxygens (including phenoxy) is 1. The van der Waals surface area contributed by atoms with Crippen LogP contribution in [-0.2, 0) is 4.79 Å². The molecule has 0 saturated heterocycles. The number of anilines is 1. The largest absolute Gasteiger partial charge is 0.497 e. The summed E-state index contributed by atoms with van der Waals surface area (Å²) in [5.74, 6) is 1.45. The number of hydrogen-bond donors (Lipinski definition) is 1. The van der Waals surface area contributed by atoms with Crippen LogP contribution in [0.4, 0.5) is 5.13 Å². The predicted octanol–water partition coefficient (Wildman–Crippen LogP) is 3.31. The van der Waals surface area contributed by atoms with Crippen LogP contribution in [0.3, 0.4) is 0 Å². The highest BCUT2D eigenvalue weighted by atomic mass is 32.2. The number of aromatic nitrogens is 2. The van der Waals surface area contributed by atoms with E-state index in [9.17, 15) is 4.79 Å². The summed E-state index contributed by atoms with van der Waals surface area (Å²) in [6.07, 6.45) is 3.18. The molecule has 0 aliphatic carbocycles. The molecule has 7 heteroatoms. The zero-order valence-electron chi connectivity index (χ0n) is 11.7. The molecule has 0 radical (unpaired) electrons. The van der Waals surface area contributed by atoms with Crippen LogP contribution in [0.25, 0.3) is 6.08 Å². The highest BCUT2D eigenvalue weighted by molar-refractivity contribution is 8.01. The molecule has 1 aromatic heterocycles. The van der Waals surface area contributed by atoms with Gasteiger partial charge in [0.05, 0.1) is 7.11 Å². The number of thioether (sulfide) groups is 1. The van der Waals surface area contributed by atoms with Crippen molar-refractivity contribution in [1.29, 1.82) is 0 Å². The van der Waals surface area contributed by atoms with E-state index >= 15 is 0 Å². The molecule has 5 nitrogen and oxygen atoms in total. The van der Waals surface area contributed by atoms with E-state index in [0.29, 0.717) is 5.13 Å². The van der Waals surface area contributed by atoms with E-state index in [-0.39, 0.29) is 5.91 Å². The molecule has 21 heavy (non-hydrogen) atoms. The normalized spacial score (nSPS) is 10.8. The molecule has 0 saturated carbocycles. The quantitative estimate of drug-likeness (QED) is 0.502. The zero-order valence-corrected chi connectivity index (χ0v) is 13.3. The Morgan fingerprint density at radius 3 is 3.10 bits per heavy atom. The molecule has 1 aromatic carbocycles. The van der Waals surface area contributed by atoms with Crippen LogP contribution in [0.5, 0.6) is 5.75 Å². The molecule has 0 atom stereocenters. The second-order valence-corrected chi connectivity index (χ2v) is 6.39. The Labute approximate surface area is 131 Å². The van der Waals surface area contributed by atoms with Crippen molar-refractivity contribution in [1.82, 2.24) is 10.2 Å². The molecule has 2 rings (SSSR count). The van der Waals surface area contributed by atoms with Gasteiger partial charge in [0.25, 0.3) is 0 Å². The third-order valence-electron chi connectivity index (χ3n) is 2.43. The molecular weight excluding hydrogens is 306 g/mol. The van der Waals surface area contributed by atoms with Crippen molar-refractivity contribution in [3.8, 4) is 5.75 Å². The molecule has 0 aliphatic rings. The third-order valence-corrected chi connectivity index (χ3v) is 4.28. The maximum Gasteiger partial charge on any atom is 0.250 e. The fourth-order valence-corrected chi connectivity index (χ4v) is 3.16. The lowest BCUT2D eigenvalue weighted by molar-refractivity contribution is -0.111. The first-order valence-electron chi connectivity index (χ1n) is 6.30. The maximum absolute atomic E-state index is 11.8. The fourth-order valence-electron chi connectivity index (χ4n) is 1.51. The van der Waals surface area contributed by atoms with Gasteiger partial charge in [-0.25, -0.2) is 0 Å². The average molecular weight is 321 g/mol. The Morgan fingerprint density at radius 1 is 1.48 bits per heavy atom.